The Hall–Kier alpha value is -1.44. The molecule has 0 radical (unpaired) electrons. The normalized spacial score (nSPS) is 15.1. The van der Waals surface area contributed by atoms with E-state index < -0.39 is 0 Å². The van der Waals surface area contributed by atoms with E-state index in [1.165, 1.54) is 0 Å². The van der Waals surface area contributed by atoms with E-state index in [4.69, 9.17) is 4.74 Å². The van der Waals surface area contributed by atoms with Crippen molar-refractivity contribution in [3.8, 4) is 0 Å². The number of nitrogens with zero attached hydrogens (tertiary/aromatic N) is 1. The first-order chi connectivity index (χ1) is 9.56. The Kier molecular flexibility index (Phi) is 10.6. The van der Waals surface area contributed by atoms with Gasteiger partial charge in [-0.2, -0.15) is 0 Å². The fraction of sp³-hybridized carbons (Fsp3) is 0.556. The van der Waals surface area contributed by atoms with Crippen LogP contribution in [-0.4, -0.2) is 25.6 Å². The van der Waals surface area contributed by atoms with Gasteiger partial charge in [-0.15, -0.1) is 0 Å². The first-order valence-electron chi connectivity index (χ1n) is 7.53. The van der Waals surface area contributed by atoms with Gasteiger partial charge < -0.3 is 9.64 Å². The average Bonchev–Trinajstić information content (AvgIpc) is 2.41. The zero-order valence-electron chi connectivity index (χ0n) is 14.0. The van der Waals surface area contributed by atoms with Crippen LogP contribution in [-0.2, 0) is 4.74 Å². The molecule has 0 N–H and O–H groups in total. The highest BCUT2D eigenvalue weighted by Gasteiger charge is 2.09. The molecule has 0 spiro atoms. The van der Waals surface area contributed by atoms with Crippen molar-refractivity contribution in [2.45, 2.75) is 40.5 Å². The van der Waals surface area contributed by atoms with Gasteiger partial charge in [-0.05, 0) is 26.3 Å². The van der Waals surface area contributed by atoms with E-state index in [9.17, 15) is 0 Å². The Labute approximate surface area is 125 Å². The van der Waals surface area contributed by atoms with Crippen molar-refractivity contribution in [1.29, 1.82) is 0 Å². The highest BCUT2D eigenvalue weighted by atomic mass is 16.5. The molecular weight excluding hydrogens is 246 g/mol. The Morgan fingerprint density at radius 2 is 1.90 bits per heavy atom. The summed E-state index contributed by atoms with van der Waals surface area (Å²) in [4.78, 5) is 2.12. The Morgan fingerprint density at radius 3 is 2.40 bits per heavy atom. The highest BCUT2D eigenvalue weighted by Crippen LogP contribution is 2.17. The van der Waals surface area contributed by atoms with Gasteiger partial charge in [0.15, 0.2) is 0 Å². The molecule has 114 valence electrons. The zero-order chi connectivity index (χ0) is 15.4. The number of ether oxygens (including phenoxy) is 1. The van der Waals surface area contributed by atoms with Crippen molar-refractivity contribution in [2.24, 2.45) is 5.92 Å². The van der Waals surface area contributed by atoms with Crippen LogP contribution in [0.15, 0.2) is 47.9 Å². The third kappa shape index (κ3) is 7.88. The minimum absolute atomic E-state index is 0.420. The van der Waals surface area contributed by atoms with Crippen molar-refractivity contribution in [3.05, 3.63) is 47.9 Å². The van der Waals surface area contributed by atoms with E-state index in [0.717, 1.165) is 24.3 Å². The SMILES string of the molecule is C\C=C/C=C(OCC(C)/C=C\C)\C(=C\CCC)N(C)C. The molecule has 1 atom stereocenters. The van der Waals surface area contributed by atoms with E-state index >= 15 is 0 Å². The summed E-state index contributed by atoms with van der Waals surface area (Å²) in [7, 11) is 4.12. The highest BCUT2D eigenvalue weighted by molar-refractivity contribution is 5.27. The van der Waals surface area contributed by atoms with Crippen LogP contribution < -0.4 is 0 Å². The molecule has 0 aliphatic heterocycles. The number of allylic oxidation sites excluding steroid dienone is 5. The van der Waals surface area contributed by atoms with E-state index in [-0.39, 0.29) is 0 Å². The predicted molar refractivity (Wildman–Crippen MR) is 89.5 cm³/mol. The summed E-state index contributed by atoms with van der Waals surface area (Å²) in [6.07, 6.45) is 14.8. The van der Waals surface area contributed by atoms with Crippen molar-refractivity contribution in [1.82, 2.24) is 4.90 Å². The molecule has 0 heterocycles. The van der Waals surface area contributed by atoms with Gasteiger partial charge in [-0.3, -0.25) is 0 Å². The molecule has 0 aliphatic rings. The van der Waals surface area contributed by atoms with Crippen molar-refractivity contribution >= 4 is 0 Å². The molecule has 0 fully saturated rings. The standard InChI is InChI=1S/C18H31NO/c1-7-10-13-17(19(5)6)18(14-11-8-2)20-15-16(4)12-9-3/h8-9,11-14,16H,7,10,15H2,1-6H3/b11-8-,12-9-,17-13-,18-14+. The molecule has 0 amide bonds. The minimum atomic E-state index is 0.420. The maximum atomic E-state index is 6.03. The second-order valence-corrected chi connectivity index (χ2v) is 5.14. The topological polar surface area (TPSA) is 12.5 Å². The first kappa shape index (κ1) is 18.6. The van der Waals surface area contributed by atoms with Gasteiger partial charge in [0, 0.05) is 20.0 Å². The summed E-state index contributed by atoms with van der Waals surface area (Å²) >= 11 is 0. The minimum Gasteiger partial charge on any atom is -0.491 e. The molecule has 0 aromatic carbocycles. The monoisotopic (exact) mass is 277 g/mol. The van der Waals surface area contributed by atoms with E-state index in [1.807, 2.05) is 32.1 Å². The Balaban J connectivity index is 5.02. The summed E-state index contributed by atoms with van der Waals surface area (Å²) < 4.78 is 6.03. The molecule has 0 aromatic heterocycles. The zero-order valence-corrected chi connectivity index (χ0v) is 14.0. The quantitative estimate of drug-likeness (QED) is 0.337. The van der Waals surface area contributed by atoms with Crippen LogP contribution in [0, 0.1) is 5.92 Å². The fourth-order valence-corrected chi connectivity index (χ4v) is 1.78. The summed E-state index contributed by atoms with van der Waals surface area (Å²) in [6, 6.07) is 0. The molecule has 0 saturated carbocycles. The molecule has 0 rings (SSSR count). The number of hydrogen-bond acceptors (Lipinski definition) is 2. The number of likely N-dealkylation sites (N-methyl/N-ethyl adjacent to an activating group) is 1. The number of rotatable bonds is 9. The van der Waals surface area contributed by atoms with E-state index in [1.54, 1.807) is 0 Å². The molecule has 0 saturated heterocycles. The van der Waals surface area contributed by atoms with Gasteiger partial charge in [0.1, 0.15) is 5.76 Å². The molecule has 0 aliphatic carbocycles. The lowest BCUT2D eigenvalue weighted by molar-refractivity contribution is 0.185. The lowest BCUT2D eigenvalue weighted by atomic mass is 10.2. The Bertz CT molecular complexity index is 362. The van der Waals surface area contributed by atoms with Gasteiger partial charge in [0.25, 0.3) is 0 Å². The third-order valence-corrected chi connectivity index (χ3v) is 2.82. The van der Waals surface area contributed by atoms with E-state index in [2.05, 4.69) is 51.1 Å². The maximum absolute atomic E-state index is 6.03. The molecule has 1 unspecified atom stereocenters. The molecule has 2 heteroatoms. The molecular formula is C18H31NO. The van der Waals surface area contributed by atoms with Gasteiger partial charge in [-0.1, -0.05) is 50.6 Å². The maximum Gasteiger partial charge on any atom is 0.142 e. The summed E-state index contributed by atoms with van der Waals surface area (Å²) in [5.41, 5.74) is 1.15. The van der Waals surface area contributed by atoms with Crippen molar-refractivity contribution in [3.63, 3.8) is 0 Å². The predicted octanol–water partition coefficient (Wildman–Crippen LogP) is 4.92. The summed E-state index contributed by atoms with van der Waals surface area (Å²) in [6.45, 7) is 9.11. The van der Waals surface area contributed by atoms with E-state index in [0.29, 0.717) is 12.5 Å². The largest absolute Gasteiger partial charge is 0.491 e. The van der Waals surface area contributed by atoms with Gasteiger partial charge in [0.2, 0.25) is 0 Å². The van der Waals surface area contributed by atoms with Crippen LogP contribution in [0.25, 0.3) is 0 Å². The average molecular weight is 277 g/mol. The van der Waals surface area contributed by atoms with Crippen LogP contribution in [0.2, 0.25) is 0 Å². The van der Waals surface area contributed by atoms with Gasteiger partial charge >= 0.3 is 0 Å². The van der Waals surface area contributed by atoms with Crippen LogP contribution in [0.3, 0.4) is 0 Å². The number of hydrogen-bond donors (Lipinski definition) is 0. The molecule has 2 nitrogen and oxygen atoms in total. The third-order valence-electron chi connectivity index (χ3n) is 2.82. The first-order valence-corrected chi connectivity index (χ1v) is 7.53. The Morgan fingerprint density at radius 1 is 1.20 bits per heavy atom. The van der Waals surface area contributed by atoms with Gasteiger partial charge in [0.05, 0.1) is 12.3 Å². The summed E-state index contributed by atoms with van der Waals surface area (Å²) in [5, 5.41) is 0. The lowest BCUT2D eigenvalue weighted by Gasteiger charge is -2.22. The summed E-state index contributed by atoms with van der Waals surface area (Å²) in [5.74, 6) is 1.36. The lowest BCUT2D eigenvalue weighted by Crippen LogP contribution is -2.16. The van der Waals surface area contributed by atoms with Crippen LogP contribution in [0.4, 0.5) is 0 Å². The van der Waals surface area contributed by atoms with Crippen LogP contribution in [0.1, 0.15) is 40.5 Å². The van der Waals surface area contributed by atoms with Crippen LogP contribution >= 0.6 is 0 Å². The smallest absolute Gasteiger partial charge is 0.142 e. The fourth-order valence-electron chi connectivity index (χ4n) is 1.78. The van der Waals surface area contributed by atoms with Gasteiger partial charge in [-0.25, -0.2) is 0 Å². The van der Waals surface area contributed by atoms with Crippen molar-refractivity contribution < 1.29 is 4.74 Å². The van der Waals surface area contributed by atoms with Crippen molar-refractivity contribution in [2.75, 3.05) is 20.7 Å². The molecule has 0 aromatic rings. The number of unbranched alkanes of at least 4 members (excludes halogenated alkanes) is 1. The molecule has 0 bridgehead atoms. The second kappa shape index (κ2) is 11.4. The molecule has 20 heavy (non-hydrogen) atoms. The van der Waals surface area contributed by atoms with Crippen LogP contribution in [0.5, 0.6) is 0 Å². The second-order valence-electron chi connectivity index (χ2n) is 5.14.